The molecule has 1 heteroatoms. The maximum Gasteiger partial charge on any atom is 0.125 e. The van der Waals surface area contributed by atoms with Crippen LogP contribution in [-0.4, -0.2) is 6.61 Å². The molecule has 0 radical (unpaired) electrons. The van der Waals surface area contributed by atoms with Gasteiger partial charge < -0.3 is 4.74 Å². The van der Waals surface area contributed by atoms with Crippen molar-refractivity contribution in [1.29, 1.82) is 0 Å². The van der Waals surface area contributed by atoms with Crippen molar-refractivity contribution >= 4 is 0 Å². The van der Waals surface area contributed by atoms with Crippen LogP contribution in [0, 0.1) is 0 Å². The second-order valence-electron chi connectivity index (χ2n) is 1.20. The van der Waals surface area contributed by atoms with Gasteiger partial charge in [0.05, 0.1) is 0 Å². The molecule has 0 N–H and O–H groups in total. The summed E-state index contributed by atoms with van der Waals surface area (Å²) in [6.45, 7) is 5.91. The van der Waals surface area contributed by atoms with Crippen LogP contribution in [0.4, 0.5) is 0 Å². The van der Waals surface area contributed by atoms with Crippen molar-refractivity contribution < 1.29 is 4.74 Å². The predicted octanol–water partition coefficient (Wildman–Crippen LogP) is 1.88. The summed E-state index contributed by atoms with van der Waals surface area (Å²) in [4.78, 5) is 0. The molecule has 1 nitrogen and oxygen atoms in total. The Hall–Kier alpha value is -0.940. The van der Waals surface area contributed by atoms with Crippen LogP contribution in [0.3, 0.4) is 0 Å². The zero-order chi connectivity index (χ0) is 6.24. The van der Waals surface area contributed by atoms with Crippen LogP contribution in [0.5, 0.6) is 0 Å². The lowest BCUT2D eigenvalue weighted by molar-refractivity contribution is 0.291. The summed E-state index contributed by atoms with van der Waals surface area (Å²) >= 11 is 0. The Morgan fingerprint density at radius 3 is 3.00 bits per heavy atom. The minimum absolute atomic E-state index is 0.556. The van der Waals surface area contributed by atoms with Crippen molar-refractivity contribution in [2.24, 2.45) is 0 Å². The third-order valence-electron chi connectivity index (χ3n) is 0.532. The van der Waals surface area contributed by atoms with Crippen molar-refractivity contribution in [2.45, 2.75) is 6.92 Å². The van der Waals surface area contributed by atoms with Crippen LogP contribution in [0.2, 0.25) is 0 Å². The number of ether oxygens (including phenoxy) is 1. The van der Waals surface area contributed by atoms with Gasteiger partial charge in [-0.15, -0.1) is 0 Å². The van der Waals surface area contributed by atoms with Crippen LogP contribution in [0.1, 0.15) is 6.92 Å². The van der Waals surface area contributed by atoms with E-state index >= 15 is 0 Å². The van der Waals surface area contributed by atoms with Crippen LogP contribution >= 0.6 is 0 Å². The zero-order valence-corrected chi connectivity index (χ0v) is 5.05. The lowest BCUT2D eigenvalue weighted by Crippen LogP contribution is -1.75. The summed E-state index contributed by atoms with van der Waals surface area (Å²) in [6.07, 6.45) is 4.98. The van der Waals surface area contributed by atoms with Gasteiger partial charge >= 0.3 is 0 Å². The van der Waals surface area contributed by atoms with E-state index in [0.29, 0.717) is 6.61 Å². The van der Waals surface area contributed by atoms with E-state index in [9.17, 15) is 0 Å². The molecule has 8 heavy (non-hydrogen) atoms. The van der Waals surface area contributed by atoms with Gasteiger partial charge in [0.1, 0.15) is 12.9 Å². The number of hydrogen-bond acceptors (Lipinski definition) is 1. The first-order valence-corrected chi connectivity index (χ1v) is 2.50. The Kier molecular flexibility index (Phi) is 5.35. The SMILES string of the molecule is C=CCOC=C=CC. The van der Waals surface area contributed by atoms with Gasteiger partial charge in [0, 0.05) is 0 Å². The summed E-state index contributed by atoms with van der Waals surface area (Å²) in [6, 6.07) is 0. The summed E-state index contributed by atoms with van der Waals surface area (Å²) in [5, 5.41) is 0. The molecule has 0 saturated heterocycles. The molecule has 0 fully saturated rings. The van der Waals surface area contributed by atoms with Gasteiger partial charge in [-0.05, 0) is 13.0 Å². The Labute approximate surface area is 50.0 Å². The van der Waals surface area contributed by atoms with Gasteiger partial charge in [0.2, 0.25) is 0 Å². The summed E-state index contributed by atoms with van der Waals surface area (Å²) in [7, 11) is 0. The molecular formula is C7H10O. The van der Waals surface area contributed by atoms with Crippen LogP contribution in [0.15, 0.2) is 30.7 Å². The topological polar surface area (TPSA) is 9.23 Å². The maximum absolute atomic E-state index is 4.84. The lowest BCUT2D eigenvalue weighted by atomic mass is 10.7. The number of allylic oxidation sites excluding steroid dienone is 1. The molecule has 0 bridgehead atoms. The van der Waals surface area contributed by atoms with Crippen molar-refractivity contribution in [2.75, 3.05) is 6.61 Å². The van der Waals surface area contributed by atoms with E-state index in [4.69, 9.17) is 4.74 Å². The first-order valence-electron chi connectivity index (χ1n) is 2.50. The summed E-state index contributed by atoms with van der Waals surface area (Å²) < 4.78 is 4.84. The van der Waals surface area contributed by atoms with Crippen molar-refractivity contribution in [3.63, 3.8) is 0 Å². The highest BCUT2D eigenvalue weighted by Crippen LogP contribution is 1.73. The average molecular weight is 110 g/mol. The molecule has 0 aromatic rings. The molecule has 0 aromatic carbocycles. The largest absolute Gasteiger partial charge is 0.489 e. The summed E-state index contributed by atoms with van der Waals surface area (Å²) in [5.41, 5.74) is 2.76. The Morgan fingerprint density at radius 2 is 2.50 bits per heavy atom. The zero-order valence-electron chi connectivity index (χ0n) is 5.05. The monoisotopic (exact) mass is 110 g/mol. The molecule has 0 amide bonds. The molecule has 0 aromatic heterocycles. The van der Waals surface area contributed by atoms with Gasteiger partial charge in [-0.25, -0.2) is 0 Å². The van der Waals surface area contributed by atoms with E-state index in [-0.39, 0.29) is 0 Å². The van der Waals surface area contributed by atoms with Crippen molar-refractivity contribution in [3.05, 3.63) is 30.7 Å². The van der Waals surface area contributed by atoms with Crippen LogP contribution < -0.4 is 0 Å². The van der Waals surface area contributed by atoms with Gasteiger partial charge in [0.25, 0.3) is 0 Å². The van der Waals surface area contributed by atoms with E-state index in [1.54, 1.807) is 12.2 Å². The van der Waals surface area contributed by atoms with E-state index in [2.05, 4.69) is 12.3 Å². The minimum atomic E-state index is 0.556. The Balaban J connectivity index is 3.16. The van der Waals surface area contributed by atoms with E-state index < -0.39 is 0 Å². The third kappa shape index (κ3) is 5.06. The second-order valence-corrected chi connectivity index (χ2v) is 1.20. The Bertz CT molecular complexity index is 108. The van der Waals surface area contributed by atoms with Gasteiger partial charge in [-0.2, -0.15) is 0 Å². The Morgan fingerprint density at radius 1 is 1.75 bits per heavy atom. The first-order chi connectivity index (χ1) is 3.91. The van der Waals surface area contributed by atoms with Gasteiger partial charge in [-0.3, -0.25) is 0 Å². The molecule has 0 rings (SSSR count). The molecule has 0 heterocycles. The van der Waals surface area contributed by atoms with Gasteiger partial charge in [0.15, 0.2) is 0 Å². The number of hydrogen-bond donors (Lipinski definition) is 0. The van der Waals surface area contributed by atoms with Crippen LogP contribution in [0.25, 0.3) is 0 Å². The molecule has 0 aliphatic heterocycles. The molecule has 0 saturated carbocycles. The number of rotatable bonds is 3. The average Bonchev–Trinajstić information content (AvgIpc) is 1.81. The highest BCUT2D eigenvalue weighted by molar-refractivity contribution is 4.75. The fourth-order valence-electron chi connectivity index (χ4n) is 0.232. The smallest absolute Gasteiger partial charge is 0.125 e. The molecule has 0 aliphatic carbocycles. The van der Waals surface area contributed by atoms with Crippen LogP contribution in [-0.2, 0) is 4.74 Å². The van der Waals surface area contributed by atoms with E-state index in [1.165, 1.54) is 6.26 Å². The highest BCUT2D eigenvalue weighted by atomic mass is 16.5. The molecule has 0 spiro atoms. The van der Waals surface area contributed by atoms with Gasteiger partial charge in [-0.1, -0.05) is 18.4 Å². The highest BCUT2D eigenvalue weighted by Gasteiger charge is 1.64. The molecule has 0 atom stereocenters. The molecule has 0 aliphatic rings. The third-order valence-corrected chi connectivity index (χ3v) is 0.532. The van der Waals surface area contributed by atoms with Crippen molar-refractivity contribution in [3.8, 4) is 0 Å². The van der Waals surface area contributed by atoms with E-state index in [0.717, 1.165) is 0 Å². The molecular weight excluding hydrogens is 100 g/mol. The second kappa shape index (κ2) is 6.06. The maximum atomic E-state index is 4.84. The fourth-order valence-corrected chi connectivity index (χ4v) is 0.232. The standard InChI is InChI=1S/C7H10O/c1-3-5-7-8-6-4-2/h3-4,7H,2,6H2,1H3. The normalized spacial score (nSPS) is 6.62. The molecule has 44 valence electrons. The first kappa shape index (κ1) is 7.06. The fraction of sp³-hybridized carbons (Fsp3) is 0.286. The lowest BCUT2D eigenvalue weighted by Gasteiger charge is -1.86. The quantitative estimate of drug-likeness (QED) is 0.233. The summed E-state index contributed by atoms with van der Waals surface area (Å²) in [5.74, 6) is 0. The molecule has 0 unspecified atom stereocenters. The van der Waals surface area contributed by atoms with E-state index in [1.807, 2.05) is 6.92 Å². The van der Waals surface area contributed by atoms with Crippen molar-refractivity contribution in [1.82, 2.24) is 0 Å². The minimum Gasteiger partial charge on any atom is -0.489 e. The predicted molar refractivity (Wildman–Crippen MR) is 34.5 cm³/mol.